The van der Waals surface area contributed by atoms with E-state index in [0.29, 0.717) is 0 Å². The minimum Gasteiger partial charge on any atom is -0.294 e. The van der Waals surface area contributed by atoms with Crippen LogP contribution in [0.1, 0.15) is 0 Å². The number of hydrogen-bond acceptors (Lipinski definition) is 5. The normalized spacial score (nSPS) is 12.8. The number of pyridine rings is 1. The highest BCUT2D eigenvalue weighted by molar-refractivity contribution is 7.99. The fourth-order valence-electron chi connectivity index (χ4n) is 5.72. The number of hydroxylamine groups is 1. The molecule has 42 heavy (non-hydrogen) atoms. The summed E-state index contributed by atoms with van der Waals surface area (Å²) in [5.41, 5.74) is 7.64. The van der Waals surface area contributed by atoms with E-state index >= 15 is 0 Å². The van der Waals surface area contributed by atoms with Gasteiger partial charge < -0.3 is 0 Å². The van der Waals surface area contributed by atoms with Crippen LogP contribution in [0.5, 0.6) is 0 Å². The Balaban J connectivity index is 1.20. The van der Waals surface area contributed by atoms with Crippen molar-refractivity contribution in [3.05, 3.63) is 140 Å². The lowest BCUT2D eigenvalue weighted by Crippen LogP contribution is -2.20. The Morgan fingerprint density at radius 1 is 0.595 bits per heavy atom. The predicted molar refractivity (Wildman–Crippen MR) is 173 cm³/mol. The summed E-state index contributed by atoms with van der Waals surface area (Å²) in [7, 11) is 1.93. The first-order chi connectivity index (χ1) is 20.7. The van der Waals surface area contributed by atoms with Gasteiger partial charge >= 0.3 is 0 Å². The van der Waals surface area contributed by atoms with Crippen LogP contribution in [-0.4, -0.2) is 16.6 Å². The third-order valence-electron chi connectivity index (χ3n) is 7.66. The van der Waals surface area contributed by atoms with Gasteiger partial charge in [-0.3, -0.25) is 4.57 Å². The molecule has 6 heteroatoms. The summed E-state index contributed by atoms with van der Waals surface area (Å²) in [6.07, 6.45) is 1.90. The van der Waals surface area contributed by atoms with Crippen molar-refractivity contribution >= 4 is 50.6 Å². The van der Waals surface area contributed by atoms with E-state index in [1.807, 2.05) is 36.5 Å². The van der Waals surface area contributed by atoms with Crippen LogP contribution in [0.2, 0.25) is 0 Å². The Bertz CT molecular complexity index is 2090. The Kier molecular flexibility index (Phi) is 5.95. The molecule has 1 aliphatic rings. The first-order valence-electron chi connectivity index (χ1n) is 13.9. The highest BCUT2D eigenvalue weighted by Crippen LogP contribution is 2.42. The Labute approximate surface area is 248 Å². The van der Waals surface area contributed by atoms with Crippen molar-refractivity contribution in [3.63, 3.8) is 0 Å². The molecule has 8 rings (SSSR count). The van der Waals surface area contributed by atoms with Crippen LogP contribution in [0.4, 0.5) is 17.1 Å². The summed E-state index contributed by atoms with van der Waals surface area (Å²) in [6.45, 7) is 0. The highest BCUT2D eigenvalue weighted by Gasteiger charge is 2.26. The van der Waals surface area contributed by atoms with Crippen LogP contribution in [-0.2, 0) is 4.94 Å². The molecule has 0 N–H and O–H groups in total. The van der Waals surface area contributed by atoms with Crippen LogP contribution in [0.15, 0.2) is 149 Å². The second kappa shape index (κ2) is 10.1. The summed E-state index contributed by atoms with van der Waals surface area (Å²) >= 11 is 1.74. The molecule has 202 valence electrons. The molecule has 0 fully saturated rings. The topological polar surface area (TPSA) is 33.5 Å². The van der Waals surface area contributed by atoms with Gasteiger partial charge in [0.15, 0.2) is 0 Å². The molecular formula is C36H26N4OS. The molecule has 0 saturated heterocycles. The Morgan fingerprint density at radius 3 is 2.26 bits per heavy atom. The van der Waals surface area contributed by atoms with Crippen LogP contribution in [0.3, 0.4) is 0 Å². The van der Waals surface area contributed by atoms with E-state index < -0.39 is 0 Å². The molecule has 0 radical (unpaired) electrons. The molecule has 0 amide bonds. The number of nitrogens with zero attached hydrogens (tertiary/aromatic N) is 4. The molecule has 2 aromatic heterocycles. The van der Waals surface area contributed by atoms with Gasteiger partial charge in [-0.15, -0.1) is 4.94 Å². The number of aromatic nitrogens is 2. The fourth-order valence-corrected chi connectivity index (χ4v) is 6.62. The van der Waals surface area contributed by atoms with Crippen molar-refractivity contribution in [2.24, 2.45) is 0 Å². The summed E-state index contributed by atoms with van der Waals surface area (Å²) < 4.78 is 2.28. The Morgan fingerprint density at radius 2 is 1.36 bits per heavy atom. The molecule has 0 unspecified atom stereocenters. The van der Waals surface area contributed by atoms with Crippen molar-refractivity contribution < 1.29 is 4.94 Å². The maximum Gasteiger partial charge on any atom is 0.138 e. The zero-order valence-corrected chi connectivity index (χ0v) is 23.7. The summed E-state index contributed by atoms with van der Waals surface area (Å²) in [6, 6.07) is 46.6. The highest BCUT2D eigenvalue weighted by atomic mass is 32.2. The average Bonchev–Trinajstić information content (AvgIpc) is 3.56. The largest absolute Gasteiger partial charge is 0.294 e. The third-order valence-corrected chi connectivity index (χ3v) is 8.64. The Hall–Kier alpha value is -5.04. The molecule has 1 aliphatic heterocycles. The molecule has 0 bridgehead atoms. The number of para-hydroxylation sites is 3. The molecule has 0 atom stereocenters. The van der Waals surface area contributed by atoms with Gasteiger partial charge in [0.1, 0.15) is 5.82 Å². The molecular weight excluding hydrogens is 536 g/mol. The molecule has 3 heterocycles. The van der Waals surface area contributed by atoms with Gasteiger partial charge in [-0.25, -0.2) is 10.0 Å². The van der Waals surface area contributed by atoms with Crippen molar-refractivity contribution in [1.29, 1.82) is 0 Å². The van der Waals surface area contributed by atoms with Gasteiger partial charge in [-0.2, -0.15) is 5.06 Å². The lowest BCUT2D eigenvalue weighted by atomic mass is 10.1. The zero-order chi connectivity index (χ0) is 28.0. The molecule has 0 aliphatic carbocycles. The first-order valence-corrected chi connectivity index (χ1v) is 14.7. The number of hydrogen-bond donors (Lipinski definition) is 0. The lowest BCUT2D eigenvalue weighted by Gasteiger charge is -2.18. The summed E-state index contributed by atoms with van der Waals surface area (Å²) in [5, 5.41) is 6.10. The van der Waals surface area contributed by atoms with Gasteiger partial charge in [-0.1, -0.05) is 84.6 Å². The first kappa shape index (κ1) is 24.7. The van der Waals surface area contributed by atoms with E-state index in [2.05, 4.69) is 120 Å². The predicted octanol–water partition coefficient (Wildman–Crippen LogP) is 9.43. The molecule has 0 saturated carbocycles. The average molecular weight is 563 g/mol. The number of benzene rings is 5. The smallest absolute Gasteiger partial charge is 0.138 e. The zero-order valence-electron chi connectivity index (χ0n) is 22.9. The van der Waals surface area contributed by atoms with Gasteiger partial charge in [0.2, 0.25) is 0 Å². The van der Waals surface area contributed by atoms with E-state index in [1.54, 1.807) is 16.8 Å². The summed E-state index contributed by atoms with van der Waals surface area (Å²) in [5.74, 6) is 0.903. The number of rotatable bonds is 5. The van der Waals surface area contributed by atoms with Gasteiger partial charge in [0, 0.05) is 33.8 Å². The van der Waals surface area contributed by atoms with Crippen LogP contribution in [0.25, 0.3) is 38.8 Å². The lowest BCUT2D eigenvalue weighted by molar-refractivity contribution is 0.142. The van der Waals surface area contributed by atoms with Crippen molar-refractivity contribution in [1.82, 2.24) is 9.55 Å². The summed E-state index contributed by atoms with van der Waals surface area (Å²) in [4.78, 5) is 13.2. The maximum atomic E-state index is 6.07. The van der Waals surface area contributed by atoms with E-state index in [0.717, 1.165) is 49.3 Å². The van der Waals surface area contributed by atoms with E-state index in [-0.39, 0.29) is 0 Å². The monoisotopic (exact) mass is 562 g/mol. The molecule has 5 aromatic carbocycles. The molecule has 5 nitrogen and oxygen atoms in total. The van der Waals surface area contributed by atoms with Crippen molar-refractivity contribution in [2.45, 2.75) is 9.79 Å². The van der Waals surface area contributed by atoms with E-state index in [1.165, 1.54) is 16.3 Å². The molecule has 0 spiro atoms. The molecule has 7 aromatic rings. The van der Waals surface area contributed by atoms with Gasteiger partial charge in [0.05, 0.1) is 28.1 Å². The van der Waals surface area contributed by atoms with Gasteiger partial charge in [-0.05, 0) is 71.8 Å². The van der Waals surface area contributed by atoms with E-state index in [9.17, 15) is 0 Å². The fraction of sp³-hybridized carbons (Fsp3) is 0.0278. The van der Waals surface area contributed by atoms with Crippen LogP contribution in [0, 0.1) is 0 Å². The second-order valence-electron chi connectivity index (χ2n) is 10.3. The second-order valence-corrected chi connectivity index (χ2v) is 11.4. The minimum absolute atomic E-state index is 0.903. The van der Waals surface area contributed by atoms with E-state index in [4.69, 9.17) is 9.92 Å². The van der Waals surface area contributed by atoms with Crippen molar-refractivity contribution in [3.8, 4) is 16.9 Å². The number of fused-ring (bicyclic) bond motifs is 4. The third kappa shape index (κ3) is 4.20. The van der Waals surface area contributed by atoms with Gasteiger partial charge in [0.25, 0.3) is 0 Å². The maximum absolute atomic E-state index is 6.07. The van der Waals surface area contributed by atoms with Crippen LogP contribution >= 0.6 is 11.8 Å². The number of anilines is 3. The standard InChI is InChI=1S/C36H26N4OS/c1-38-33-16-7-8-17-34(33)40(41-38)27-12-9-13-28(23-27)42-29-18-19-31-30-14-5-6-15-32(30)39(35(31)24-29)36-22-26(20-21-37-36)25-10-3-2-4-11-25/h2-24H,1H3. The SMILES string of the molecule is CN1ON(c2cccc(Sc3ccc4c5ccccc5n(-c5cc(-c6ccccc6)ccn5)c4c3)c2)c2ccccc21. The minimum atomic E-state index is 0.903. The quantitative estimate of drug-likeness (QED) is 0.209. The van der Waals surface area contributed by atoms with Crippen LogP contribution < -0.4 is 10.1 Å². The van der Waals surface area contributed by atoms with Crippen molar-refractivity contribution in [2.75, 3.05) is 17.2 Å².